The van der Waals surface area contributed by atoms with Crippen LogP contribution in [0, 0.1) is 0 Å². The Kier molecular flexibility index (Phi) is 4.73. The summed E-state index contributed by atoms with van der Waals surface area (Å²) in [6.45, 7) is 8.77. The second kappa shape index (κ2) is 6.19. The number of ether oxygens (including phenoxy) is 1. The maximum atomic E-state index is 12.4. The Morgan fingerprint density at radius 3 is 2.86 bits per heavy atom. The highest BCUT2D eigenvalue weighted by molar-refractivity contribution is 7.18. The lowest BCUT2D eigenvalue weighted by Gasteiger charge is -2.35. The zero-order valence-electron chi connectivity index (χ0n) is 13.0. The van der Waals surface area contributed by atoms with Crippen molar-refractivity contribution >= 4 is 28.2 Å². The summed E-state index contributed by atoms with van der Waals surface area (Å²) < 4.78 is 5.66. The van der Waals surface area contributed by atoms with Gasteiger partial charge in [-0.3, -0.25) is 4.79 Å². The lowest BCUT2D eigenvalue weighted by molar-refractivity contribution is -0.0615. The van der Waals surface area contributed by atoms with Gasteiger partial charge in [0, 0.05) is 18.7 Å². The minimum absolute atomic E-state index is 0.115. The number of aromatic nitrogens is 1. The number of nitrogen functional groups attached to an aromatic ring is 1. The summed E-state index contributed by atoms with van der Waals surface area (Å²) in [5, 5.41) is 6.89. The van der Waals surface area contributed by atoms with Gasteiger partial charge in [0.15, 0.2) is 5.13 Å². The molecule has 1 aliphatic heterocycles. The molecular weight excluding hydrogens is 288 g/mol. The Hall–Kier alpha value is -1.34. The summed E-state index contributed by atoms with van der Waals surface area (Å²) in [7, 11) is 0. The van der Waals surface area contributed by atoms with E-state index in [2.05, 4.69) is 15.6 Å². The molecule has 1 aromatic rings. The number of hydrogen-bond donors (Lipinski definition) is 3. The molecule has 2 rings (SSSR count). The van der Waals surface area contributed by atoms with Gasteiger partial charge in [0.2, 0.25) is 0 Å². The summed E-state index contributed by atoms with van der Waals surface area (Å²) in [6, 6.07) is 0.368. The Labute approximate surface area is 129 Å². The second-order valence-electron chi connectivity index (χ2n) is 6.30. The highest BCUT2D eigenvalue weighted by atomic mass is 32.1. The number of thiazole rings is 1. The number of amides is 1. The normalized spacial score (nSPS) is 21.3. The van der Waals surface area contributed by atoms with Crippen LogP contribution in [0.1, 0.15) is 50.2 Å². The number of anilines is 2. The van der Waals surface area contributed by atoms with Crippen LogP contribution in [0.5, 0.6) is 0 Å². The van der Waals surface area contributed by atoms with Gasteiger partial charge >= 0.3 is 0 Å². The maximum Gasteiger partial charge on any atom is 0.265 e. The molecule has 0 aliphatic carbocycles. The smallest absolute Gasteiger partial charge is 0.265 e. The largest absolute Gasteiger partial charge is 0.382 e. The predicted octanol–water partition coefficient (Wildman–Crippen LogP) is 2.23. The van der Waals surface area contributed by atoms with Crippen molar-refractivity contribution in [2.45, 2.75) is 58.2 Å². The maximum absolute atomic E-state index is 12.4. The van der Waals surface area contributed by atoms with Crippen LogP contribution in [0.15, 0.2) is 0 Å². The molecule has 0 saturated carbocycles. The topological polar surface area (TPSA) is 89.3 Å². The molecule has 1 amide bonds. The lowest BCUT2D eigenvalue weighted by Crippen LogP contribution is -2.45. The molecule has 1 aliphatic rings. The van der Waals surface area contributed by atoms with Gasteiger partial charge in [-0.15, -0.1) is 0 Å². The number of nitrogens with one attached hydrogen (secondary N) is 2. The fourth-order valence-corrected chi connectivity index (χ4v) is 3.34. The number of carbonyl (C=O) groups excluding carboxylic acids is 1. The first kappa shape index (κ1) is 16.0. The Balaban J connectivity index is 2.01. The Morgan fingerprint density at radius 2 is 2.24 bits per heavy atom. The van der Waals surface area contributed by atoms with Crippen molar-refractivity contribution in [3.63, 3.8) is 0 Å². The van der Waals surface area contributed by atoms with Crippen molar-refractivity contribution in [2.24, 2.45) is 0 Å². The summed E-state index contributed by atoms with van der Waals surface area (Å²) in [5.74, 6) is 0.136. The number of nitrogens with two attached hydrogens (primary N) is 1. The zero-order chi connectivity index (χ0) is 15.6. The van der Waals surface area contributed by atoms with E-state index in [1.54, 1.807) is 0 Å². The van der Waals surface area contributed by atoms with E-state index in [9.17, 15) is 4.79 Å². The minimum Gasteiger partial charge on any atom is -0.382 e. The minimum atomic E-state index is -0.195. The molecule has 0 spiro atoms. The number of nitrogens with zero attached hydrogens (tertiary/aromatic N) is 1. The summed E-state index contributed by atoms with van der Waals surface area (Å²) >= 11 is 1.29. The van der Waals surface area contributed by atoms with Crippen LogP contribution < -0.4 is 16.4 Å². The third-order valence-corrected chi connectivity index (χ3v) is 4.31. The van der Waals surface area contributed by atoms with Crippen LogP contribution in [0.4, 0.5) is 10.9 Å². The van der Waals surface area contributed by atoms with Crippen LogP contribution >= 0.6 is 11.3 Å². The molecule has 0 radical (unpaired) electrons. The third-order valence-electron chi connectivity index (χ3n) is 3.30. The molecule has 6 nitrogen and oxygen atoms in total. The van der Waals surface area contributed by atoms with E-state index in [4.69, 9.17) is 10.5 Å². The van der Waals surface area contributed by atoms with Gasteiger partial charge in [-0.2, -0.15) is 0 Å². The second-order valence-corrected chi connectivity index (χ2v) is 7.30. The molecule has 118 valence electrons. The van der Waals surface area contributed by atoms with E-state index in [1.807, 2.05) is 27.7 Å². The van der Waals surface area contributed by atoms with Crippen molar-refractivity contribution in [1.82, 2.24) is 10.3 Å². The molecule has 1 saturated heterocycles. The zero-order valence-corrected chi connectivity index (χ0v) is 13.8. The van der Waals surface area contributed by atoms with E-state index >= 15 is 0 Å². The van der Waals surface area contributed by atoms with Crippen molar-refractivity contribution in [3.05, 3.63) is 4.88 Å². The van der Waals surface area contributed by atoms with Gasteiger partial charge in [-0.1, -0.05) is 11.3 Å². The van der Waals surface area contributed by atoms with Gasteiger partial charge in [0.1, 0.15) is 10.7 Å². The van der Waals surface area contributed by atoms with Gasteiger partial charge in [-0.25, -0.2) is 4.98 Å². The quantitative estimate of drug-likeness (QED) is 0.793. The molecule has 21 heavy (non-hydrogen) atoms. The van der Waals surface area contributed by atoms with Crippen molar-refractivity contribution in [2.75, 3.05) is 17.7 Å². The van der Waals surface area contributed by atoms with Crippen LogP contribution in [-0.4, -0.2) is 35.2 Å². The highest BCUT2D eigenvalue weighted by Gasteiger charge is 2.30. The highest BCUT2D eigenvalue weighted by Crippen LogP contribution is 2.27. The molecule has 0 aromatic carbocycles. The van der Waals surface area contributed by atoms with E-state index in [0.717, 1.165) is 12.8 Å². The third kappa shape index (κ3) is 4.31. The fraction of sp³-hybridized carbons (Fsp3) is 0.714. The lowest BCUT2D eigenvalue weighted by atomic mass is 9.94. The van der Waals surface area contributed by atoms with Crippen molar-refractivity contribution < 1.29 is 9.53 Å². The van der Waals surface area contributed by atoms with Gasteiger partial charge in [-0.05, 0) is 40.5 Å². The average molecular weight is 312 g/mol. The fourth-order valence-electron chi connectivity index (χ4n) is 2.41. The summed E-state index contributed by atoms with van der Waals surface area (Å²) in [4.78, 5) is 17.0. The van der Waals surface area contributed by atoms with Crippen LogP contribution in [-0.2, 0) is 4.74 Å². The van der Waals surface area contributed by atoms with E-state index in [1.165, 1.54) is 11.3 Å². The molecule has 1 atom stereocenters. The standard InChI is InChI=1S/C14H24N4O2S/c1-8(2)16-13-18-11(15)10(21-13)12(19)17-9-5-6-20-14(3,4)7-9/h8-9H,5-7,15H2,1-4H3,(H,16,18)(H,17,19). The molecular formula is C14H24N4O2S. The average Bonchev–Trinajstić information content (AvgIpc) is 2.67. The predicted molar refractivity (Wildman–Crippen MR) is 85.8 cm³/mol. The van der Waals surface area contributed by atoms with Crippen LogP contribution in [0.3, 0.4) is 0 Å². The van der Waals surface area contributed by atoms with Crippen molar-refractivity contribution in [1.29, 1.82) is 0 Å². The van der Waals surface area contributed by atoms with Crippen LogP contribution in [0.2, 0.25) is 0 Å². The number of hydrogen-bond acceptors (Lipinski definition) is 6. The molecule has 4 N–H and O–H groups in total. The number of carbonyl (C=O) groups is 1. The SMILES string of the molecule is CC(C)Nc1nc(N)c(C(=O)NC2CCOC(C)(C)C2)s1. The molecule has 7 heteroatoms. The first-order chi connectivity index (χ1) is 9.77. The van der Waals surface area contributed by atoms with E-state index < -0.39 is 0 Å². The first-order valence-corrected chi connectivity index (χ1v) is 8.06. The molecule has 1 unspecified atom stereocenters. The van der Waals surface area contributed by atoms with E-state index in [-0.39, 0.29) is 29.4 Å². The molecule has 0 bridgehead atoms. The first-order valence-electron chi connectivity index (χ1n) is 7.24. The van der Waals surface area contributed by atoms with Gasteiger partial charge < -0.3 is 21.1 Å². The molecule has 1 fully saturated rings. The summed E-state index contributed by atoms with van der Waals surface area (Å²) in [5.41, 5.74) is 5.66. The molecule has 1 aromatic heterocycles. The number of rotatable bonds is 4. The monoisotopic (exact) mass is 312 g/mol. The van der Waals surface area contributed by atoms with Crippen LogP contribution in [0.25, 0.3) is 0 Å². The Morgan fingerprint density at radius 1 is 1.52 bits per heavy atom. The van der Waals surface area contributed by atoms with Gasteiger partial charge in [0.25, 0.3) is 5.91 Å². The summed E-state index contributed by atoms with van der Waals surface area (Å²) in [6.07, 6.45) is 1.62. The Bertz CT molecular complexity index is 513. The molecule has 2 heterocycles. The van der Waals surface area contributed by atoms with Crippen molar-refractivity contribution in [3.8, 4) is 0 Å². The van der Waals surface area contributed by atoms with E-state index in [0.29, 0.717) is 16.6 Å². The van der Waals surface area contributed by atoms with Gasteiger partial charge in [0.05, 0.1) is 5.60 Å².